The van der Waals surface area contributed by atoms with Gasteiger partial charge in [-0.2, -0.15) is 0 Å². The Morgan fingerprint density at radius 3 is 2.74 bits per heavy atom. The van der Waals surface area contributed by atoms with Gasteiger partial charge in [0, 0.05) is 24.0 Å². The number of fused-ring (bicyclic) bond motifs is 2. The summed E-state index contributed by atoms with van der Waals surface area (Å²) in [6.45, 7) is 6.66. The van der Waals surface area contributed by atoms with Crippen LogP contribution in [-0.4, -0.2) is 16.8 Å². The second-order valence-corrected chi connectivity index (χ2v) is 8.51. The summed E-state index contributed by atoms with van der Waals surface area (Å²) in [7, 11) is 0. The Kier molecular flexibility index (Phi) is 4.85. The van der Waals surface area contributed by atoms with Crippen LogP contribution >= 0.6 is 0 Å². The summed E-state index contributed by atoms with van der Waals surface area (Å²) < 4.78 is 11.8. The van der Waals surface area contributed by atoms with E-state index in [4.69, 9.17) is 9.47 Å². The predicted molar refractivity (Wildman–Crippen MR) is 121 cm³/mol. The second-order valence-electron chi connectivity index (χ2n) is 8.51. The Hall–Kier alpha value is -3.40. The third kappa shape index (κ3) is 3.63. The molecule has 1 aliphatic carbocycles. The van der Waals surface area contributed by atoms with Crippen molar-refractivity contribution >= 4 is 0 Å². The van der Waals surface area contributed by atoms with E-state index in [1.807, 2.05) is 24.3 Å². The number of hydrogen-bond donors (Lipinski definition) is 2. The number of hydrogen-bond acceptors (Lipinski definition) is 4. The molecule has 0 bridgehead atoms. The van der Waals surface area contributed by atoms with Crippen LogP contribution in [0, 0.1) is 6.92 Å². The molecule has 1 aliphatic heterocycles. The molecule has 0 aromatic heterocycles. The van der Waals surface area contributed by atoms with Crippen molar-refractivity contribution in [2.24, 2.45) is 0 Å². The first-order chi connectivity index (χ1) is 15.0. The molecule has 2 aliphatic rings. The van der Waals surface area contributed by atoms with Gasteiger partial charge in [0.25, 0.3) is 0 Å². The standard InChI is InChI=1S/C27H26O4/c1-16-10-25(29)23-8-9-24(23)27(16)19-5-3-4-18(12-19)14-30-21-6-7-22-20(11-17(2)28)15-31-26(22)13-21/h3-7,10,12-13,20,28-29H,2,8-9,11,14-15H2,1H3/t20-/m1/s1. The molecule has 0 saturated carbocycles. The maximum Gasteiger partial charge on any atom is 0.126 e. The van der Waals surface area contributed by atoms with E-state index in [-0.39, 0.29) is 11.7 Å². The van der Waals surface area contributed by atoms with Crippen molar-refractivity contribution in [3.63, 3.8) is 0 Å². The van der Waals surface area contributed by atoms with Gasteiger partial charge < -0.3 is 19.7 Å². The zero-order valence-corrected chi connectivity index (χ0v) is 17.6. The topological polar surface area (TPSA) is 58.9 Å². The first kappa shape index (κ1) is 19.6. The zero-order valence-electron chi connectivity index (χ0n) is 17.6. The Labute approximate surface area is 182 Å². The van der Waals surface area contributed by atoms with Crippen LogP contribution in [0.5, 0.6) is 17.2 Å². The maximum atomic E-state index is 10.1. The number of allylic oxidation sites excluding steroid dienone is 1. The van der Waals surface area contributed by atoms with Crippen molar-refractivity contribution in [2.45, 2.75) is 38.7 Å². The van der Waals surface area contributed by atoms with Gasteiger partial charge >= 0.3 is 0 Å². The maximum absolute atomic E-state index is 10.1. The van der Waals surface area contributed by atoms with Crippen molar-refractivity contribution in [3.05, 3.63) is 88.7 Å². The third-order valence-corrected chi connectivity index (χ3v) is 6.32. The molecule has 4 heteroatoms. The molecule has 2 N–H and O–H groups in total. The minimum absolute atomic E-state index is 0.143. The van der Waals surface area contributed by atoms with Gasteiger partial charge in [-0.25, -0.2) is 0 Å². The van der Waals surface area contributed by atoms with E-state index in [9.17, 15) is 10.2 Å². The smallest absolute Gasteiger partial charge is 0.126 e. The number of aryl methyl sites for hydroxylation is 1. The highest BCUT2D eigenvalue weighted by Crippen LogP contribution is 2.42. The molecule has 0 radical (unpaired) electrons. The minimum atomic E-state index is 0.143. The fourth-order valence-corrected chi connectivity index (χ4v) is 4.72. The number of aromatic hydroxyl groups is 1. The summed E-state index contributed by atoms with van der Waals surface area (Å²) in [4.78, 5) is 0. The number of phenols is 1. The molecule has 1 heterocycles. The Balaban J connectivity index is 1.33. The van der Waals surface area contributed by atoms with Gasteiger partial charge in [-0.1, -0.05) is 30.8 Å². The van der Waals surface area contributed by atoms with Crippen LogP contribution in [0.15, 0.2) is 60.9 Å². The predicted octanol–water partition coefficient (Wildman–Crippen LogP) is 5.98. The summed E-state index contributed by atoms with van der Waals surface area (Å²) in [5.74, 6) is 2.32. The van der Waals surface area contributed by atoms with Crippen molar-refractivity contribution in [2.75, 3.05) is 6.61 Å². The largest absolute Gasteiger partial charge is 0.513 e. The van der Waals surface area contributed by atoms with Gasteiger partial charge in [0.15, 0.2) is 0 Å². The first-order valence-corrected chi connectivity index (χ1v) is 10.7. The van der Waals surface area contributed by atoms with Gasteiger partial charge in [-0.3, -0.25) is 0 Å². The number of rotatable bonds is 6. The first-order valence-electron chi connectivity index (χ1n) is 10.7. The molecule has 3 aromatic carbocycles. The van der Waals surface area contributed by atoms with E-state index in [2.05, 4.69) is 37.8 Å². The lowest BCUT2D eigenvalue weighted by atomic mass is 9.79. The van der Waals surface area contributed by atoms with Crippen LogP contribution in [0.3, 0.4) is 0 Å². The molecule has 158 valence electrons. The van der Waals surface area contributed by atoms with Gasteiger partial charge in [-0.05, 0) is 71.3 Å². The fourth-order valence-electron chi connectivity index (χ4n) is 4.72. The van der Waals surface area contributed by atoms with Gasteiger partial charge in [0.2, 0.25) is 0 Å². The highest BCUT2D eigenvalue weighted by molar-refractivity contribution is 5.76. The quantitative estimate of drug-likeness (QED) is 0.487. The summed E-state index contributed by atoms with van der Waals surface area (Å²) in [5.41, 5.74) is 8.04. The summed E-state index contributed by atoms with van der Waals surface area (Å²) in [6.07, 6.45) is 2.48. The number of phenolic OH excluding ortho intramolecular Hbond substituents is 1. The highest BCUT2D eigenvalue weighted by atomic mass is 16.5. The Morgan fingerprint density at radius 2 is 1.97 bits per heavy atom. The van der Waals surface area contributed by atoms with E-state index < -0.39 is 0 Å². The van der Waals surface area contributed by atoms with E-state index in [0.29, 0.717) is 25.4 Å². The lowest BCUT2D eigenvalue weighted by Gasteiger charge is -2.26. The van der Waals surface area contributed by atoms with Crippen LogP contribution in [0.1, 0.15) is 40.2 Å². The molecule has 5 rings (SSSR count). The Morgan fingerprint density at radius 1 is 1.13 bits per heavy atom. The fraction of sp³-hybridized carbons (Fsp3) is 0.259. The second kappa shape index (κ2) is 7.69. The SMILES string of the molecule is C=C(O)C[C@@H]1COc2cc(OCc3cccc(-c4c(C)cc(O)c5c4CC5)c3)ccc21. The molecule has 0 amide bonds. The van der Waals surface area contributed by atoms with Crippen LogP contribution in [0.2, 0.25) is 0 Å². The lowest BCUT2D eigenvalue weighted by molar-refractivity contribution is 0.297. The molecular formula is C27H26O4. The number of aliphatic hydroxyl groups excluding tert-OH is 1. The minimum Gasteiger partial charge on any atom is -0.513 e. The van der Waals surface area contributed by atoms with Crippen molar-refractivity contribution in [3.8, 4) is 28.4 Å². The molecule has 0 saturated heterocycles. The van der Waals surface area contributed by atoms with Crippen LogP contribution in [0.4, 0.5) is 0 Å². The molecule has 0 spiro atoms. The monoisotopic (exact) mass is 414 g/mol. The molecule has 3 aromatic rings. The van der Waals surface area contributed by atoms with Crippen molar-refractivity contribution in [1.82, 2.24) is 0 Å². The summed E-state index contributed by atoms with van der Waals surface area (Å²) in [5, 5.41) is 19.6. The van der Waals surface area contributed by atoms with Crippen molar-refractivity contribution < 1.29 is 19.7 Å². The van der Waals surface area contributed by atoms with Gasteiger partial charge in [0.05, 0.1) is 12.4 Å². The zero-order chi connectivity index (χ0) is 21.5. The van der Waals surface area contributed by atoms with E-state index in [0.717, 1.165) is 46.6 Å². The summed E-state index contributed by atoms with van der Waals surface area (Å²) >= 11 is 0. The normalized spacial score (nSPS) is 16.1. The number of aliphatic hydroxyl groups is 1. The van der Waals surface area contributed by atoms with Crippen molar-refractivity contribution in [1.29, 1.82) is 0 Å². The van der Waals surface area contributed by atoms with Gasteiger partial charge in [-0.15, -0.1) is 0 Å². The number of benzene rings is 3. The van der Waals surface area contributed by atoms with E-state index in [1.54, 1.807) is 0 Å². The van der Waals surface area contributed by atoms with Gasteiger partial charge in [0.1, 0.15) is 23.9 Å². The van der Waals surface area contributed by atoms with Crippen LogP contribution in [-0.2, 0) is 19.4 Å². The average Bonchev–Trinajstić information content (AvgIpc) is 3.10. The molecule has 0 fully saturated rings. The van der Waals surface area contributed by atoms with E-state index >= 15 is 0 Å². The number of ether oxygens (including phenoxy) is 2. The lowest BCUT2D eigenvalue weighted by Crippen LogP contribution is -2.11. The van der Waals surface area contributed by atoms with Crippen LogP contribution < -0.4 is 9.47 Å². The third-order valence-electron chi connectivity index (χ3n) is 6.32. The van der Waals surface area contributed by atoms with E-state index in [1.165, 1.54) is 16.7 Å². The Bertz CT molecular complexity index is 1180. The molecule has 0 unspecified atom stereocenters. The highest BCUT2D eigenvalue weighted by Gasteiger charge is 2.26. The molecule has 1 atom stereocenters. The average molecular weight is 415 g/mol. The molecule has 31 heavy (non-hydrogen) atoms. The van der Waals surface area contributed by atoms with Crippen LogP contribution in [0.25, 0.3) is 11.1 Å². The summed E-state index contributed by atoms with van der Waals surface area (Å²) in [6, 6.07) is 16.2. The molecular weight excluding hydrogens is 388 g/mol. The molecule has 4 nitrogen and oxygen atoms in total.